The molecule has 0 radical (unpaired) electrons. The lowest BCUT2D eigenvalue weighted by atomic mass is 10.1. The zero-order valence-corrected chi connectivity index (χ0v) is 9.34. The SMILES string of the molecule is CCC(CC)N1CCCNC(C)C1. The summed E-state index contributed by atoms with van der Waals surface area (Å²) in [7, 11) is 0. The molecule has 1 atom stereocenters. The Labute approximate surface area is 82.7 Å². The maximum absolute atomic E-state index is 3.54. The molecule has 1 saturated heterocycles. The third-order valence-electron chi connectivity index (χ3n) is 3.08. The third kappa shape index (κ3) is 3.28. The van der Waals surface area contributed by atoms with Gasteiger partial charge in [-0.25, -0.2) is 0 Å². The van der Waals surface area contributed by atoms with Gasteiger partial charge < -0.3 is 5.32 Å². The summed E-state index contributed by atoms with van der Waals surface area (Å²) in [6.45, 7) is 10.6. The highest BCUT2D eigenvalue weighted by Gasteiger charge is 2.19. The minimum absolute atomic E-state index is 0.670. The molecule has 1 heterocycles. The summed E-state index contributed by atoms with van der Waals surface area (Å²) in [6, 6.07) is 1.48. The minimum Gasteiger partial charge on any atom is -0.313 e. The van der Waals surface area contributed by atoms with Crippen molar-refractivity contribution in [1.29, 1.82) is 0 Å². The zero-order valence-electron chi connectivity index (χ0n) is 9.34. The molecule has 0 aromatic carbocycles. The van der Waals surface area contributed by atoms with Gasteiger partial charge in [-0.1, -0.05) is 13.8 Å². The number of hydrogen-bond donors (Lipinski definition) is 1. The van der Waals surface area contributed by atoms with Crippen LogP contribution in [-0.4, -0.2) is 36.6 Å². The molecule has 78 valence electrons. The average Bonchev–Trinajstić information content (AvgIpc) is 2.32. The predicted molar refractivity (Wildman–Crippen MR) is 58.0 cm³/mol. The molecule has 0 aromatic rings. The first kappa shape index (κ1) is 11.0. The maximum Gasteiger partial charge on any atom is 0.0166 e. The molecule has 1 rings (SSSR count). The van der Waals surface area contributed by atoms with Crippen LogP contribution in [-0.2, 0) is 0 Å². The van der Waals surface area contributed by atoms with Crippen molar-refractivity contribution in [2.45, 2.75) is 52.1 Å². The molecule has 1 aliphatic heterocycles. The summed E-state index contributed by atoms with van der Waals surface area (Å²) in [4.78, 5) is 2.66. The van der Waals surface area contributed by atoms with Gasteiger partial charge in [0.15, 0.2) is 0 Å². The van der Waals surface area contributed by atoms with Gasteiger partial charge in [0.2, 0.25) is 0 Å². The van der Waals surface area contributed by atoms with E-state index in [0.29, 0.717) is 6.04 Å². The molecular weight excluding hydrogens is 160 g/mol. The predicted octanol–water partition coefficient (Wildman–Crippen LogP) is 1.86. The number of nitrogens with one attached hydrogen (secondary N) is 1. The first-order chi connectivity index (χ1) is 6.27. The van der Waals surface area contributed by atoms with Crippen LogP contribution in [0.25, 0.3) is 0 Å². The largest absolute Gasteiger partial charge is 0.313 e. The van der Waals surface area contributed by atoms with Gasteiger partial charge in [0.05, 0.1) is 0 Å². The highest BCUT2D eigenvalue weighted by molar-refractivity contribution is 4.77. The van der Waals surface area contributed by atoms with Crippen LogP contribution >= 0.6 is 0 Å². The second-order valence-corrected chi connectivity index (χ2v) is 4.17. The molecule has 0 spiro atoms. The second-order valence-electron chi connectivity index (χ2n) is 4.17. The Bertz CT molecular complexity index is 132. The van der Waals surface area contributed by atoms with Crippen molar-refractivity contribution in [2.24, 2.45) is 0 Å². The molecule has 0 bridgehead atoms. The van der Waals surface area contributed by atoms with Gasteiger partial charge in [0, 0.05) is 18.6 Å². The maximum atomic E-state index is 3.54. The van der Waals surface area contributed by atoms with Crippen LogP contribution in [0.5, 0.6) is 0 Å². The molecule has 1 N–H and O–H groups in total. The van der Waals surface area contributed by atoms with Crippen molar-refractivity contribution in [3.05, 3.63) is 0 Å². The molecule has 1 fully saturated rings. The fraction of sp³-hybridized carbons (Fsp3) is 1.00. The molecule has 2 heteroatoms. The van der Waals surface area contributed by atoms with E-state index < -0.39 is 0 Å². The molecule has 0 amide bonds. The van der Waals surface area contributed by atoms with Crippen molar-refractivity contribution < 1.29 is 0 Å². The first-order valence-corrected chi connectivity index (χ1v) is 5.75. The molecule has 2 nitrogen and oxygen atoms in total. The van der Waals surface area contributed by atoms with Crippen molar-refractivity contribution in [1.82, 2.24) is 10.2 Å². The molecule has 0 aromatic heterocycles. The van der Waals surface area contributed by atoms with Crippen LogP contribution < -0.4 is 5.32 Å². The van der Waals surface area contributed by atoms with E-state index in [-0.39, 0.29) is 0 Å². The van der Waals surface area contributed by atoms with E-state index in [2.05, 4.69) is 31.0 Å². The van der Waals surface area contributed by atoms with E-state index in [9.17, 15) is 0 Å². The Kier molecular flexibility index (Phi) is 4.74. The lowest BCUT2D eigenvalue weighted by molar-refractivity contribution is 0.185. The van der Waals surface area contributed by atoms with Crippen LogP contribution in [0.1, 0.15) is 40.0 Å². The van der Waals surface area contributed by atoms with Gasteiger partial charge in [-0.2, -0.15) is 0 Å². The fourth-order valence-electron chi connectivity index (χ4n) is 2.27. The summed E-state index contributed by atoms with van der Waals surface area (Å²) >= 11 is 0. The number of hydrogen-bond acceptors (Lipinski definition) is 2. The Morgan fingerprint density at radius 1 is 1.38 bits per heavy atom. The van der Waals surface area contributed by atoms with Gasteiger partial charge in [0.25, 0.3) is 0 Å². The number of rotatable bonds is 3. The van der Waals surface area contributed by atoms with Gasteiger partial charge >= 0.3 is 0 Å². The minimum atomic E-state index is 0.670. The highest BCUT2D eigenvalue weighted by atomic mass is 15.2. The van der Waals surface area contributed by atoms with E-state index in [0.717, 1.165) is 6.04 Å². The molecule has 1 aliphatic rings. The molecule has 0 saturated carbocycles. The lowest BCUT2D eigenvalue weighted by Crippen LogP contribution is -2.40. The van der Waals surface area contributed by atoms with Gasteiger partial charge in [-0.15, -0.1) is 0 Å². The Hall–Kier alpha value is -0.0800. The van der Waals surface area contributed by atoms with Gasteiger partial charge in [0.1, 0.15) is 0 Å². The summed E-state index contributed by atoms with van der Waals surface area (Å²) in [5, 5.41) is 3.54. The first-order valence-electron chi connectivity index (χ1n) is 5.75. The summed E-state index contributed by atoms with van der Waals surface area (Å²) in [5.41, 5.74) is 0. The monoisotopic (exact) mass is 184 g/mol. The van der Waals surface area contributed by atoms with Crippen LogP contribution in [0.15, 0.2) is 0 Å². The van der Waals surface area contributed by atoms with Crippen molar-refractivity contribution >= 4 is 0 Å². The standard InChI is InChI=1S/C11H24N2/c1-4-11(5-2)13-8-6-7-12-10(3)9-13/h10-12H,4-9H2,1-3H3. The topological polar surface area (TPSA) is 15.3 Å². The molecular formula is C11H24N2. The summed E-state index contributed by atoms with van der Waals surface area (Å²) in [6.07, 6.45) is 3.90. The Morgan fingerprint density at radius 3 is 2.69 bits per heavy atom. The quantitative estimate of drug-likeness (QED) is 0.720. The van der Waals surface area contributed by atoms with Crippen LogP contribution in [0.3, 0.4) is 0 Å². The summed E-state index contributed by atoms with van der Waals surface area (Å²) in [5.74, 6) is 0. The second kappa shape index (κ2) is 5.61. The van der Waals surface area contributed by atoms with E-state index >= 15 is 0 Å². The van der Waals surface area contributed by atoms with Crippen molar-refractivity contribution in [2.75, 3.05) is 19.6 Å². The van der Waals surface area contributed by atoms with Gasteiger partial charge in [-0.05, 0) is 39.3 Å². The fourth-order valence-corrected chi connectivity index (χ4v) is 2.27. The third-order valence-corrected chi connectivity index (χ3v) is 3.08. The van der Waals surface area contributed by atoms with Crippen molar-refractivity contribution in [3.8, 4) is 0 Å². The van der Waals surface area contributed by atoms with Crippen molar-refractivity contribution in [3.63, 3.8) is 0 Å². The zero-order chi connectivity index (χ0) is 9.68. The van der Waals surface area contributed by atoms with E-state index in [4.69, 9.17) is 0 Å². The normalized spacial score (nSPS) is 26.3. The Balaban J connectivity index is 2.45. The average molecular weight is 184 g/mol. The molecule has 1 unspecified atom stereocenters. The summed E-state index contributed by atoms with van der Waals surface area (Å²) < 4.78 is 0. The van der Waals surface area contributed by atoms with Crippen LogP contribution in [0.2, 0.25) is 0 Å². The van der Waals surface area contributed by atoms with E-state index in [1.54, 1.807) is 0 Å². The van der Waals surface area contributed by atoms with E-state index in [1.807, 2.05) is 0 Å². The lowest BCUT2D eigenvalue weighted by Gasteiger charge is -2.30. The van der Waals surface area contributed by atoms with Gasteiger partial charge in [-0.3, -0.25) is 4.90 Å². The smallest absolute Gasteiger partial charge is 0.0166 e. The highest BCUT2D eigenvalue weighted by Crippen LogP contribution is 2.11. The number of nitrogens with zero attached hydrogens (tertiary/aromatic N) is 1. The molecule has 0 aliphatic carbocycles. The van der Waals surface area contributed by atoms with Crippen LogP contribution in [0.4, 0.5) is 0 Å². The van der Waals surface area contributed by atoms with Crippen LogP contribution in [0, 0.1) is 0 Å². The van der Waals surface area contributed by atoms with E-state index in [1.165, 1.54) is 38.9 Å². The Morgan fingerprint density at radius 2 is 2.08 bits per heavy atom. The molecule has 13 heavy (non-hydrogen) atoms.